The number of nitrogens with one attached hydrogen (secondary N) is 1. The van der Waals surface area contributed by atoms with Gasteiger partial charge in [-0.15, -0.1) is 0 Å². The van der Waals surface area contributed by atoms with Gasteiger partial charge in [0.05, 0.1) is 15.9 Å². The first-order chi connectivity index (χ1) is 9.26. The van der Waals surface area contributed by atoms with Crippen molar-refractivity contribution >= 4 is 15.9 Å². The van der Waals surface area contributed by atoms with E-state index in [-0.39, 0.29) is 0 Å². The average molecular weight is 328 g/mol. The molecule has 1 N–H and O–H groups in total. The fourth-order valence-corrected chi connectivity index (χ4v) is 3.70. The summed E-state index contributed by atoms with van der Waals surface area (Å²) in [5.41, 5.74) is 2.47. The number of aromatic nitrogens is 2. The molecule has 2 rings (SSSR count). The van der Waals surface area contributed by atoms with E-state index in [9.17, 15) is 0 Å². The largest absolute Gasteiger partial charge is 0.311 e. The van der Waals surface area contributed by atoms with Crippen molar-refractivity contribution in [2.75, 3.05) is 6.54 Å². The summed E-state index contributed by atoms with van der Waals surface area (Å²) in [4.78, 5) is 0. The summed E-state index contributed by atoms with van der Waals surface area (Å²) < 4.78 is 3.32. The second-order valence-electron chi connectivity index (χ2n) is 5.49. The van der Waals surface area contributed by atoms with E-state index < -0.39 is 0 Å². The highest BCUT2D eigenvalue weighted by Gasteiger charge is 2.15. The summed E-state index contributed by atoms with van der Waals surface area (Å²) in [7, 11) is 0. The van der Waals surface area contributed by atoms with Crippen LogP contribution in [0.15, 0.2) is 4.47 Å². The minimum atomic E-state index is 0.925. The predicted molar refractivity (Wildman–Crippen MR) is 83.3 cm³/mol. The van der Waals surface area contributed by atoms with E-state index >= 15 is 0 Å². The average Bonchev–Trinajstić information content (AvgIpc) is 3.03. The Balaban J connectivity index is 1.82. The fraction of sp³-hybridized carbons (Fsp3) is 0.800. The molecule has 108 valence electrons. The van der Waals surface area contributed by atoms with Crippen molar-refractivity contribution in [2.24, 2.45) is 5.92 Å². The number of aryl methyl sites for hydroxylation is 2. The Morgan fingerprint density at radius 3 is 2.68 bits per heavy atom. The molecule has 1 aromatic rings. The van der Waals surface area contributed by atoms with E-state index in [1.807, 2.05) is 0 Å². The minimum absolute atomic E-state index is 0.925. The van der Waals surface area contributed by atoms with Gasteiger partial charge in [0.25, 0.3) is 0 Å². The number of hydrogen-bond donors (Lipinski definition) is 1. The first kappa shape index (κ1) is 15.0. The van der Waals surface area contributed by atoms with Crippen LogP contribution < -0.4 is 5.32 Å². The summed E-state index contributed by atoms with van der Waals surface area (Å²) >= 11 is 3.70. The molecule has 0 amide bonds. The molecule has 1 aliphatic carbocycles. The quantitative estimate of drug-likeness (QED) is 0.770. The van der Waals surface area contributed by atoms with Crippen LogP contribution >= 0.6 is 15.9 Å². The fourth-order valence-electron chi connectivity index (χ4n) is 3.00. The summed E-state index contributed by atoms with van der Waals surface area (Å²) in [5, 5.41) is 8.22. The topological polar surface area (TPSA) is 29.9 Å². The Kier molecular flexibility index (Phi) is 5.89. The van der Waals surface area contributed by atoms with Crippen LogP contribution in [0.5, 0.6) is 0 Å². The summed E-state index contributed by atoms with van der Waals surface area (Å²) in [6.07, 6.45) is 8.09. The maximum atomic E-state index is 4.63. The lowest BCUT2D eigenvalue weighted by molar-refractivity contribution is 0.470. The van der Waals surface area contributed by atoms with Crippen molar-refractivity contribution < 1.29 is 0 Å². The van der Waals surface area contributed by atoms with Gasteiger partial charge in [-0.25, -0.2) is 0 Å². The molecule has 0 atom stereocenters. The van der Waals surface area contributed by atoms with Crippen LogP contribution in [0.25, 0.3) is 0 Å². The first-order valence-corrected chi connectivity index (χ1v) is 8.50. The standard InChI is InChI=1S/C15H26BrN3/c1-3-13-15(16)14(19(4-2)18-13)11-17-10-9-12-7-5-6-8-12/h12,17H,3-11H2,1-2H3. The molecule has 4 heteroatoms. The predicted octanol–water partition coefficient (Wildman–Crippen LogP) is 3.90. The highest BCUT2D eigenvalue weighted by Crippen LogP contribution is 2.27. The summed E-state index contributed by atoms with van der Waals surface area (Å²) in [5.74, 6) is 0.971. The SMILES string of the molecule is CCc1nn(CC)c(CNCCC2CCCC2)c1Br. The Hall–Kier alpha value is -0.350. The van der Waals surface area contributed by atoms with Crippen molar-refractivity contribution in [1.29, 1.82) is 0 Å². The maximum absolute atomic E-state index is 4.63. The van der Waals surface area contributed by atoms with Crippen molar-refractivity contribution in [3.8, 4) is 0 Å². The van der Waals surface area contributed by atoms with Gasteiger partial charge in [0.1, 0.15) is 0 Å². The second-order valence-corrected chi connectivity index (χ2v) is 6.29. The van der Waals surface area contributed by atoms with Gasteiger partial charge in [-0.2, -0.15) is 5.10 Å². The highest BCUT2D eigenvalue weighted by atomic mass is 79.9. The third-order valence-electron chi connectivity index (χ3n) is 4.19. The van der Waals surface area contributed by atoms with Gasteiger partial charge in [0.15, 0.2) is 0 Å². The molecule has 0 aliphatic heterocycles. The monoisotopic (exact) mass is 327 g/mol. The lowest BCUT2D eigenvalue weighted by atomic mass is 10.0. The van der Waals surface area contributed by atoms with Crippen molar-refractivity contribution in [3.05, 3.63) is 15.9 Å². The maximum Gasteiger partial charge on any atom is 0.0767 e. The summed E-state index contributed by atoms with van der Waals surface area (Å²) in [6.45, 7) is 7.31. The lowest BCUT2D eigenvalue weighted by Crippen LogP contribution is -2.19. The van der Waals surface area contributed by atoms with Gasteiger partial charge >= 0.3 is 0 Å². The van der Waals surface area contributed by atoms with Gasteiger partial charge < -0.3 is 5.32 Å². The molecule has 1 fully saturated rings. The molecule has 1 saturated carbocycles. The van der Waals surface area contributed by atoms with Gasteiger partial charge in [-0.05, 0) is 48.2 Å². The first-order valence-electron chi connectivity index (χ1n) is 7.71. The van der Waals surface area contributed by atoms with E-state index in [4.69, 9.17) is 0 Å². The van der Waals surface area contributed by atoms with Gasteiger partial charge in [0, 0.05) is 13.1 Å². The Morgan fingerprint density at radius 2 is 2.05 bits per heavy atom. The van der Waals surface area contributed by atoms with E-state index in [0.717, 1.165) is 32.0 Å². The molecule has 3 nitrogen and oxygen atoms in total. The molecule has 19 heavy (non-hydrogen) atoms. The van der Waals surface area contributed by atoms with Crippen molar-refractivity contribution in [1.82, 2.24) is 15.1 Å². The zero-order valence-electron chi connectivity index (χ0n) is 12.2. The van der Waals surface area contributed by atoms with E-state index in [1.165, 1.54) is 48.0 Å². The molecule has 1 heterocycles. The van der Waals surface area contributed by atoms with Crippen LogP contribution in [0.3, 0.4) is 0 Å². The minimum Gasteiger partial charge on any atom is -0.311 e. The van der Waals surface area contributed by atoms with Crippen LogP contribution in [0, 0.1) is 5.92 Å². The molecule has 1 aliphatic rings. The van der Waals surface area contributed by atoms with E-state index in [0.29, 0.717) is 0 Å². The molecule has 0 saturated heterocycles. The van der Waals surface area contributed by atoms with Crippen molar-refractivity contribution in [3.63, 3.8) is 0 Å². The van der Waals surface area contributed by atoms with Crippen molar-refractivity contribution in [2.45, 2.75) is 65.5 Å². The third-order valence-corrected chi connectivity index (χ3v) is 5.11. The van der Waals surface area contributed by atoms with E-state index in [2.05, 4.69) is 44.9 Å². The van der Waals surface area contributed by atoms with Gasteiger partial charge in [0.2, 0.25) is 0 Å². The molecule has 0 aromatic carbocycles. The molecule has 0 unspecified atom stereocenters. The Morgan fingerprint density at radius 1 is 1.32 bits per heavy atom. The molecular weight excluding hydrogens is 302 g/mol. The normalized spacial score (nSPS) is 16.4. The molecule has 0 bridgehead atoms. The van der Waals surface area contributed by atoms with Crippen LogP contribution in [0.4, 0.5) is 0 Å². The lowest BCUT2D eigenvalue weighted by Gasteiger charge is -2.11. The van der Waals surface area contributed by atoms with Crippen LogP contribution in [-0.2, 0) is 19.5 Å². The molecule has 1 aromatic heterocycles. The number of halogens is 1. The number of rotatable bonds is 7. The zero-order chi connectivity index (χ0) is 13.7. The zero-order valence-corrected chi connectivity index (χ0v) is 13.8. The number of nitrogens with zero attached hydrogens (tertiary/aromatic N) is 2. The molecule has 0 radical (unpaired) electrons. The smallest absolute Gasteiger partial charge is 0.0767 e. The second kappa shape index (κ2) is 7.44. The Labute approximate surface area is 125 Å². The van der Waals surface area contributed by atoms with Crippen LogP contribution in [0.1, 0.15) is 57.3 Å². The summed E-state index contributed by atoms with van der Waals surface area (Å²) in [6, 6.07) is 0. The molecular formula is C15H26BrN3. The van der Waals surface area contributed by atoms with Gasteiger partial charge in [-0.3, -0.25) is 4.68 Å². The van der Waals surface area contributed by atoms with Crippen LogP contribution in [-0.4, -0.2) is 16.3 Å². The van der Waals surface area contributed by atoms with E-state index in [1.54, 1.807) is 0 Å². The third kappa shape index (κ3) is 3.82. The van der Waals surface area contributed by atoms with Gasteiger partial charge in [-0.1, -0.05) is 32.6 Å². The highest BCUT2D eigenvalue weighted by molar-refractivity contribution is 9.10. The number of hydrogen-bond acceptors (Lipinski definition) is 2. The Bertz CT molecular complexity index is 394. The van der Waals surface area contributed by atoms with Crippen LogP contribution in [0.2, 0.25) is 0 Å². The molecule has 0 spiro atoms.